The Labute approximate surface area is 88.7 Å². The molecule has 70 valence electrons. The average molecular weight is 294 g/mol. The summed E-state index contributed by atoms with van der Waals surface area (Å²) in [5.74, 6) is -0.854. The van der Waals surface area contributed by atoms with Crippen molar-refractivity contribution in [3.63, 3.8) is 0 Å². The standard InChI is InChI=1S/C8H8FIN2O/c9-5-2-1-3-12-8(5)6(10)4-7(11)13/h1-3,6H,4H2,(H2,11,13). The molecule has 0 saturated carbocycles. The van der Waals surface area contributed by atoms with Crippen LogP contribution < -0.4 is 5.73 Å². The van der Waals surface area contributed by atoms with Crippen LogP contribution in [0.25, 0.3) is 0 Å². The molecule has 0 spiro atoms. The number of nitrogens with two attached hydrogens (primary N) is 1. The van der Waals surface area contributed by atoms with Gasteiger partial charge in [-0.25, -0.2) is 4.39 Å². The Balaban J connectivity index is 2.82. The van der Waals surface area contributed by atoms with Gasteiger partial charge in [-0.2, -0.15) is 0 Å². The SMILES string of the molecule is NC(=O)CC(I)c1ncccc1F. The summed E-state index contributed by atoms with van der Waals surface area (Å²) in [5, 5.41) is 0. The summed E-state index contributed by atoms with van der Waals surface area (Å²) in [5.41, 5.74) is 5.27. The van der Waals surface area contributed by atoms with E-state index >= 15 is 0 Å². The molecule has 0 aliphatic rings. The van der Waals surface area contributed by atoms with Crippen molar-refractivity contribution in [2.75, 3.05) is 0 Å². The highest BCUT2D eigenvalue weighted by molar-refractivity contribution is 14.1. The first-order chi connectivity index (χ1) is 6.11. The van der Waals surface area contributed by atoms with E-state index in [9.17, 15) is 9.18 Å². The van der Waals surface area contributed by atoms with Gasteiger partial charge in [0, 0.05) is 12.6 Å². The maximum absolute atomic E-state index is 13.1. The van der Waals surface area contributed by atoms with Crippen molar-refractivity contribution in [3.05, 3.63) is 29.8 Å². The highest BCUT2D eigenvalue weighted by atomic mass is 127. The van der Waals surface area contributed by atoms with Crippen molar-refractivity contribution in [1.82, 2.24) is 4.98 Å². The third-order valence-corrected chi connectivity index (χ3v) is 2.49. The van der Waals surface area contributed by atoms with Gasteiger partial charge in [-0.15, -0.1) is 0 Å². The van der Waals surface area contributed by atoms with Crippen molar-refractivity contribution < 1.29 is 9.18 Å². The molecule has 13 heavy (non-hydrogen) atoms. The van der Waals surface area contributed by atoms with Crippen LogP contribution in [0.5, 0.6) is 0 Å². The fraction of sp³-hybridized carbons (Fsp3) is 0.250. The van der Waals surface area contributed by atoms with Crippen molar-refractivity contribution in [1.29, 1.82) is 0 Å². The molecule has 1 unspecified atom stereocenters. The molecular formula is C8H8FIN2O. The van der Waals surface area contributed by atoms with Crippen LogP contribution in [0.15, 0.2) is 18.3 Å². The number of nitrogens with zero attached hydrogens (tertiary/aromatic N) is 1. The predicted octanol–water partition coefficient (Wildman–Crippen LogP) is 1.57. The van der Waals surface area contributed by atoms with Crippen LogP contribution in [-0.2, 0) is 4.79 Å². The highest BCUT2D eigenvalue weighted by Gasteiger charge is 2.15. The van der Waals surface area contributed by atoms with Crippen LogP contribution in [0.2, 0.25) is 0 Å². The second-order valence-corrected chi connectivity index (χ2v) is 4.01. The van der Waals surface area contributed by atoms with Gasteiger partial charge in [0.05, 0.1) is 9.62 Å². The minimum absolute atomic E-state index is 0.106. The Morgan fingerprint density at radius 3 is 3.00 bits per heavy atom. The van der Waals surface area contributed by atoms with Gasteiger partial charge in [0.15, 0.2) is 0 Å². The zero-order valence-corrected chi connectivity index (χ0v) is 8.86. The number of alkyl halides is 1. The summed E-state index contributed by atoms with van der Waals surface area (Å²) in [6, 6.07) is 2.82. The minimum Gasteiger partial charge on any atom is -0.370 e. The summed E-state index contributed by atoms with van der Waals surface area (Å²) in [7, 11) is 0. The largest absolute Gasteiger partial charge is 0.370 e. The number of primary amides is 1. The number of rotatable bonds is 3. The number of hydrogen-bond donors (Lipinski definition) is 1. The lowest BCUT2D eigenvalue weighted by Crippen LogP contribution is -2.13. The van der Waals surface area contributed by atoms with E-state index in [1.807, 2.05) is 22.6 Å². The van der Waals surface area contributed by atoms with E-state index in [0.29, 0.717) is 0 Å². The molecule has 1 atom stereocenters. The molecule has 1 rings (SSSR count). The van der Waals surface area contributed by atoms with Gasteiger partial charge < -0.3 is 5.73 Å². The number of halogens is 2. The lowest BCUT2D eigenvalue weighted by Gasteiger charge is -2.06. The normalized spacial score (nSPS) is 12.5. The fourth-order valence-electron chi connectivity index (χ4n) is 0.902. The van der Waals surface area contributed by atoms with E-state index in [1.54, 1.807) is 0 Å². The summed E-state index contributed by atoms with van der Waals surface area (Å²) in [6.45, 7) is 0. The van der Waals surface area contributed by atoms with Gasteiger partial charge in [-0.3, -0.25) is 9.78 Å². The van der Waals surface area contributed by atoms with Gasteiger partial charge in [0.25, 0.3) is 0 Å². The Morgan fingerprint density at radius 1 is 1.77 bits per heavy atom. The zero-order valence-electron chi connectivity index (χ0n) is 6.71. The fourth-order valence-corrected chi connectivity index (χ4v) is 1.79. The third-order valence-electron chi connectivity index (χ3n) is 1.46. The quantitative estimate of drug-likeness (QED) is 0.679. The monoisotopic (exact) mass is 294 g/mol. The molecule has 1 amide bonds. The first-order valence-electron chi connectivity index (χ1n) is 3.64. The molecular weight excluding hydrogens is 286 g/mol. The van der Waals surface area contributed by atoms with E-state index in [1.165, 1.54) is 18.3 Å². The second-order valence-electron chi connectivity index (χ2n) is 2.51. The first kappa shape index (κ1) is 10.4. The Hall–Kier alpha value is -0.720. The second kappa shape index (κ2) is 4.50. The highest BCUT2D eigenvalue weighted by Crippen LogP contribution is 2.26. The topological polar surface area (TPSA) is 56.0 Å². The molecule has 0 aliphatic heterocycles. The molecule has 1 aromatic heterocycles. The number of pyridine rings is 1. The number of carbonyl (C=O) groups is 1. The number of hydrogen-bond acceptors (Lipinski definition) is 2. The van der Waals surface area contributed by atoms with Crippen LogP contribution in [0, 0.1) is 5.82 Å². The van der Waals surface area contributed by atoms with Crippen LogP contribution in [-0.4, -0.2) is 10.9 Å². The van der Waals surface area contributed by atoms with Crippen LogP contribution >= 0.6 is 22.6 Å². The van der Waals surface area contributed by atoms with Gasteiger partial charge >= 0.3 is 0 Å². The molecule has 0 saturated heterocycles. The van der Waals surface area contributed by atoms with Gasteiger partial charge in [0.1, 0.15) is 5.82 Å². The van der Waals surface area contributed by atoms with Crippen molar-refractivity contribution in [2.45, 2.75) is 10.3 Å². The van der Waals surface area contributed by atoms with Crippen molar-refractivity contribution >= 4 is 28.5 Å². The average Bonchev–Trinajstić information content (AvgIpc) is 2.03. The number of aromatic nitrogens is 1. The predicted molar refractivity (Wildman–Crippen MR) is 54.8 cm³/mol. The van der Waals surface area contributed by atoms with Crippen LogP contribution in [0.4, 0.5) is 4.39 Å². The Bertz CT molecular complexity index is 319. The summed E-state index contributed by atoms with van der Waals surface area (Å²) in [6.07, 6.45) is 1.60. The number of carbonyl (C=O) groups excluding carboxylic acids is 1. The summed E-state index contributed by atoms with van der Waals surface area (Å²) < 4.78 is 12.8. The van der Waals surface area contributed by atoms with Crippen LogP contribution in [0.1, 0.15) is 16.0 Å². The first-order valence-corrected chi connectivity index (χ1v) is 4.88. The summed E-state index contributed by atoms with van der Waals surface area (Å²) in [4.78, 5) is 14.4. The Morgan fingerprint density at radius 2 is 2.46 bits per heavy atom. The third kappa shape index (κ3) is 2.91. The van der Waals surface area contributed by atoms with E-state index in [2.05, 4.69) is 4.98 Å². The Kier molecular flexibility index (Phi) is 3.58. The summed E-state index contributed by atoms with van der Waals surface area (Å²) >= 11 is 1.94. The van der Waals surface area contributed by atoms with Gasteiger partial charge in [0.2, 0.25) is 5.91 Å². The van der Waals surface area contributed by atoms with E-state index in [4.69, 9.17) is 5.73 Å². The molecule has 0 aromatic carbocycles. The molecule has 0 bridgehead atoms. The maximum atomic E-state index is 13.1. The van der Waals surface area contributed by atoms with Gasteiger partial charge in [-0.1, -0.05) is 22.6 Å². The van der Waals surface area contributed by atoms with Crippen LogP contribution in [0.3, 0.4) is 0 Å². The van der Waals surface area contributed by atoms with Crippen molar-refractivity contribution in [3.8, 4) is 0 Å². The molecule has 0 fully saturated rings. The lowest BCUT2D eigenvalue weighted by atomic mass is 10.2. The maximum Gasteiger partial charge on any atom is 0.218 e. The van der Waals surface area contributed by atoms with E-state index in [-0.39, 0.29) is 16.0 Å². The van der Waals surface area contributed by atoms with E-state index < -0.39 is 11.7 Å². The van der Waals surface area contributed by atoms with Gasteiger partial charge in [-0.05, 0) is 12.1 Å². The van der Waals surface area contributed by atoms with Crippen molar-refractivity contribution in [2.24, 2.45) is 5.73 Å². The molecule has 1 aromatic rings. The lowest BCUT2D eigenvalue weighted by molar-refractivity contribution is -0.117. The minimum atomic E-state index is -0.454. The molecule has 0 aliphatic carbocycles. The molecule has 3 nitrogen and oxygen atoms in total. The molecule has 0 radical (unpaired) electrons. The number of amides is 1. The molecule has 5 heteroatoms. The molecule has 1 heterocycles. The zero-order chi connectivity index (χ0) is 9.84. The smallest absolute Gasteiger partial charge is 0.218 e. The van der Waals surface area contributed by atoms with E-state index in [0.717, 1.165) is 0 Å². The molecule has 2 N–H and O–H groups in total.